The fraction of sp³-hybridized carbons (Fsp3) is 0.533. The molecule has 4 nitrogen and oxygen atoms in total. The fourth-order valence-corrected chi connectivity index (χ4v) is 3.01. The maximum atomic E-state index is 13.8. The van der Waals surface area contributed by atoms with Gasteiger partial charge in [0, 0.05) is 23.5 Å². The molecule has 1 aromatic carbocycles. The minimum Gasteiger partial charge on any atom is -0.384 e. The first-order valence-corrected chi connectivity index (χ1v) is 7.78. The van der Waals surface area contributed by atoms with Crippen LogP contribution >= 0.6 is 15.9 Å². The Morgan fingerprint density at radius 1 is 1.48 bits per heavy atom. The van der Waals surface area contributed by atoms with E-state index in [2.05, 4.69) is 26.6 Å². The Balaban J connectivity index is 2.01. The van der Waals surface area contributed by atoms with Gasteiger partial charge in [-0.1, -0.05) is 15.9 Å². The third-order valence-corrected chi connectivity index (χ3v) is 4.41. The number of nitrogens with one attached hydrogen (secondary N) is 2. The molecule has 1 aliphatic heterocycles. The van der Waals surface area contributed by atoms with Gasteiger partial charge in [0.05, 0.1) is 12.2 Å². The van der Waals surface area contributed by atoms with Crippen molar-refractivity contribution < 1.29 is 13.9 Å². The molecular formula is C15H20BrFN2O2. The highest BCUT2D eigenvalue weighted by atomic mass is 79.9. The number of hydrogen-bond acceptors (Lipinski definition) is 3. The van der Waals surface area contributed by atoms with E-state index in [9.17, 15) is 9.18 Å². The van der Waals surface area contributed by atoms with Crippen LogP contribution in [0, 0.1) is 11.2 Å². The number of carbonyl (C=O) groups is 1. The SMILES string of the molecule is COCC1(CNC(=O)c2ccc(Br)cc2F)CCNCC1. The van der Waals surface area contributed by atoms with Gasteiger partial charge in [-0.15, -0.1) is 0 Å². The van der Waals surface area contributed by atoms with Gasteiger partial charge in [-0.3, -0.25) is 4.79 Å². The minimum atomic E-state index is -0.520. The van der Waals surface area contributed by atoms with Crippen molar-refractivity contribution in [2.24, 2.45) is 5.41 Å². The molecule has 1 amide bonds. The number of methoxy groups -OCH3 is 1. The summed E-state index contributed by atoms with van der Waals surface area (Å²) in [5.41, 5.74) is 0.00121. The summed E-state index contributed by atoms with van der Waals surface area (Å²) in [6.07, 6.45) is 1.87. The van der Waals surface area contributed by atoms with E-state index in [0.717, 1.165) is 25.9 Å². The first-order chi connectivity index (χ1) is 10.1. The van der Waals surface area contributed by atoms with Crippen LogP contribution in [0.2, 0.25) is 0 Å². The summed E-state index contributed by atoms with van der Waals surface area (Å²) in [7, 11) is 1.67. The van der Waals surface area contributed by atoms with Gasteiger partial charge < -0.3 is 15.4 Å². The molecule has 0 aliphatic carbocycles. The second-order valence-electron chi connectivity index (χ2n) is 5.49. The van der Waals surface area contributed by atoms with Crippen molar-refractivity contribution in [3.8, 4) is 0 Å². The number of halogens is 2. The third-order valence-electron chi connectivity index (χ3n) is 3.91. The number of piperidine rings is 1. The molecule has 0 saturated carbocycles. The summed E-state index contributed by atoms with van der Waals surface area (Å²) in [4.78, 5) is 12.1. The summed E-state index contributed by atoms with van der Waals surface area (Å²) in [6.45, 7) is 2.91. The fourth-order valence-electron chi connectivity index (χ4n) is 2.67. The summed E-state index contributed by atoms with van der Waals surface area (Å²) in [5, 5.41) is 6.15. The number of benzene rings is 1. The lowest BCUT2D eigenvalue weighted by atomic mass is 9.79. The topological polar surface area (TPSA) is 50.4 Å². The van der Waals surface area contributed by atoms with Gasteiger partial charge in [0.15, 0.2) is 0 Å². The molecule has 0 spiro atoms. The molecule has 1 heterocycles. The molecule has 6 heteroatoms. The largest absolute Gasteiger partial charge is 0.384 e. The number of carbonyl (C=O) groups excluding carboxylic acids is 1. The zero-order valence-electron chi connectivity index (χ0n) is 12.0. The van der Waals surface area contributed by atoms with E-state index in [4.69, 9.17) is 4.74 Å². The predicted molar refractivity (Wildman–Crippen MR) is 82.8 cm³/mol. The molecule has 0 aromatic heterocycles. The van der Waals surface area contributed by atoms with Crippen LogP contribution in [-0.2, 0) is 4.74 Å². The lowest BCUT2D eigenvalue weighted by Gasteiger charge is -2.37. The standard InChI is InChI=1S/C15H20BrFN2O2/c1-21-10-15(4-6-18-7-5-15)9-19-14(20)12-3-2-11(16)8-13(12)17/h2-3,8,18H,4-7,9-10H2,1H3,(H,19,20). The van der Waals surface area contributed by atoms with Gasteiger partial charge in [0.1, 0.15) is 5.82 Å². The van der Waals surface area contributed by atoms with Gasteiger partial charge in [-0.2, -0.15) is 0 Å². The van der Waals surface area contributed by atoms with Gasteiger partial charge in [0.25, 0.3) is 5.91 Å². The lowest BCUT2D eigenvalue weighted by Crippen LogP contribution is -2.47. The average Bonchev–Trinajstić information content (AvgIpc) is 2.46. The smallest absolute Gasteiger partial charge is 0.254 e. The quantitative estimate of drug-likeness (QED) is 0.849. The van der Waals surface area contributed by atoms with Crippen molar-refractivity contribution in [1.82, 2.24) is 10.6 Å². The van der Waals surface area contributed by atoms with E-state index >= 15 is 0 Å². The van der Waals surface area contributed by atoms with Crippen LogP contribution in [0.4, 0.5) is 4.39 Å². The Kier molecular flexibility index (Phi) is 5.72. The van der Waals surface area contributed by atoms with Crippen LogP contribution < -0.4 is 10.6 Å². The van der Waals surface area contributed by atoms with Crippen LogP contribution in [0.3, 0.4) is 0 Å². The monoisotopic (exact) mass is 358 g/mol. The summed E-state index contributed by atoms with van der Waals surface area (Å²) in [6, 6.07) is 4.44. The molecular weight excluding hydrogens is 339 g/mol. The van der Waals surface area contributed by atoms with Crippen LogP contribution in [0.25, 0.3) is 0 Å². The van der Waals surface area contributed by atoms with Crippen molar-refractivity contribution in [2.45, 2.75) is 12.8 Å². The molecule has 1 aliphatic rings. The summed E-state index contributed by atoms with van der Waals surface area (Å²) in [5.74, 6) is -0.901. The number of ether oxygens (including phenoxy) is 1. The van der Waals surface area contributed by atoms with E-state index in [1.807, 2.05) is 0 Å². The van der Waals surface area contributed by atoms with E-state index in [1.54, 1.807) is 13.2 Å². The first kappa shape index (κ1) is 16.4. The molecule has 0 unspecified atom stereocenters. The molecule has 116 valence electrons. The molecule has 1 fully saturated rings. The maximum absolute atomic E-state index is 13.8. The normalized spacial score (nSPS) is 17.5. The molecule has 0 atom stereocenters. The number of hydrogen-bond donors (Lipinski definition) is 2. The van der Waals surface area contributed by atoms with Crippen molar-refractivity contribution >= 4 is 21.8 Å². The lowest BCUT2D eigenvalue weighted by molar-refractivity contribution is 0.0511. The molecule has 0 radical (unpaired) electrons. The van der Waals surface area contributed by atoms with E-state index < -0.39 is 5.82 Å². The van der Waals surface area contributed by atoms with Crippen LogP contribution in [0.1, 0.15) is 23.2 Å². The number of rotatable bonds is 5. The Hall–Kier alpha value is -0.980. The first-order valence-electron chi connectivity index (χ1n) is 6.99. The van der Waals surface area contributed by atoms with Gasteiger partial charge in [-0.05, 0) is 44.1 Å². The van der Waals surface area contributed by atoms with Crippen molar-refractivity contribution in [3.05, 3.63) is 34.1 Å². The zero-order valence-corrected chi connectivity index (χ0v) is 13.6. The summed E-state index contributed by atoms with van der Waals surface area (Å²) >= 11 is 3.18. The highest BCUT2D eigenvalue weighted by Gasteiger charge is 2.32. The second kappa shape index (κ2) is 7.33. The van der Waals surface area contributed by atoms with Gasteiger partial charge >= 0.3 is 0 Å². The van der Waals surface area contributed by atoms with Crippen molar-refractivity contribution in [3.63, 3.8) is 0 Å². The van der Waals surface area contributed by atoms with Crippen molar-refractivity contribution in [2.75, 3.05) is 33.4 Å². The Morgan fingerprint density at radius 2 is 2.19 bits per heavy atom. The van der Waals surface area contributed by atoms with Crippen molar-refractivity contribution in [1.29, 1.82) is 0 Å². The summed E-state index contributed by atoms with van der Waals surface area (Å²) < 4.78 is 19.7. The van der Waals surface area contributed by atoms with Crippen LogP contribution in [0.5, 0.6) is 0 Å². The molecule has 1 saturated heterocycles. The van der Waals surface area contributed by atoms with E-state index in [0.29, 0.717) is 17.6 Å². The van der Waals surface area contributed by atoms with Gasteiger partial charge in [-0.25, -0.2) is 4.39 Å². The van der Waals surface area contributed by atoms with Crippen LogP contribution in [-0.4, -0.2) is 39.3 Å². The zero-order chi connectivity index (χ0) is 15.3. The highest BCUT2D eigenvalue weighted by molar-refractivity contribution is 9.10. The van der Waals surface area contributed by atoms with E-state index in [1.165, 1.54) is 12.1 Å². The Morgan fingerprint density at radius 3 is 2.81 bits per heavy atom. The third kappa shape index (κ3) is 4.25. The van der Waals surface area contributed by atoms with Crippen LogP contribution in [0.15, 0.2) is 22.7 Å². The van der Waals surface area contributed by atoms with Gasteiger partial charge in [0.2, 0.25) is 0 Å². The Bertz CT molecular complexity index is 499. The number of amides is 1. The highest BCUT2D eigenvalue weighted by Crippen LogP contribution is 2.28. The molecule has 0 bridgehead atoms. The predicted octanol–water partition coefficient (Wildman–Crippen LogP) is 2.33. The van der Waals surface area contributed by atoms with E-state index in [-0.39, 0.29) is 16.9 Å². The second-order valence-corrected chi connectivity index (χ2v) is 6.41. The minimum absolute atomic E-state index is 0.0680. The molecule has 21 heavy (non-hydrogen) atoms. The average molecular weight is 359 g/mol. The Labute approximate surface area is 132 Å². The molecule has 2 N–H and O–H groups in total. The molecule has 2 rings (SSSR count). The molecule has 1 aromatic rings. The maximum Gasteiger partial charge on any atom is 0.254 e.